The highest BCUT2D eigenvalue weighted by Crippen LogP contribution is 2.37. The maximum absolute atomic E-state index is 12.4. The molecule has 0 rings (SSSR count). The van der Waals surface area contributed by atoms with E-state index < -0.39 is 5.60 Å². The van der Waals surface area contributed by atoms with Crippen molar-refractivity contribution in [3.63, 3.8) is 0 Å². The van der Waals surface area contributed by atoms with E-state index in [0.717, 1.165) is 12.8 Å². The Kier molecular flexibility index (Phi) is 5.70. The highest BCUT2D eigenvalue weighted by molar-refractivity contribution is 5.77. The third-order valence-corrected chi connectivity index (χ3v) is 3.61. The third kappa shape index (κ3) is 5.10. The van der Waals surface area contributed by atoms with Crippen LogP contribution in [0.25, 0.3) is 0 Å². The van der Waals surface area contributed by atoms with Crippen molar-refractivity contribution in [2.24, 2.45) is 17.3 Å². The van der Waals surface area contributed by atoms with Crippen LogP contribution in [0.5, 0.6) is 0 Å². The average Bonchev–Trinajstić information content (AvgIpc) is 2.14. The summed E-state index contributed by atoms with van der Waals surface area (Å²) < 4.78 is 5.57. The highest BCUT2D eigenvalue weighted by Gasteiger charge is 2.40. The molecule has 0 spiro atoms. The van der Waals surface area contributed by atoms with Gasteiger partial charge in [-0.2, -0.15) is 0 Å². The Balaban J connectivity index is 4.89. The largest absolute Gasteiger partial charge is 0.460 e. The van der Waals surface area contributed by atoms with Gasteiger partial charge in [-0.1, -0.05) is 34.1 Å². The summed E-state index contributed by atoms with van der Waals surface area (Å²) >= 11 is 0. The van der Waals surface area contributed by atoms with E-state index in [-0.39, 0.29) is 11.4 Å². The predicted octanol–water partition coefficient (Wildman–Crippen LogP) is 4.43. The minimum atomic E-state index is -0.400. The zero-order chi connectivity index (χ0) is 13.9. The summed E-state index contributed by atoms with van der Waals surface area (Å²) in [5.41, 5.74) is -0.772. The van der Waals surface area contributed by atoms with Crippen molar-refractivity contribution in [1.82, 2.24) is 0 Å². The Bertz CT molecular complexity index is 250. The molecule has 0 fully saturated rings. The van der Waals surface area contributed by atoms with Crippen molar-refractivity contribution in [1.29, 1.82) is 0 Å². The predicted molar refractivity (Wildman–Crippen MR) is 72.9 cm³/mol. The topological polar surface area (TPSA) is 26.3 Å². The molecule has 0 aromatic heterocycles. The molecular weight excluding hydrogens is 212 g/mol. The second kappa shape index (κ2) is 5.88. The zero-order valence-corrected chi connectivity index (χ0v) is 12.9. The lowest BCUT2D eigenvalue weighted by Gasteiger charge is -2.36. The van der Waals surface area contributed by atoms with Crippen LogP contribution >= 0.6 is 0 Å². The Labute approximate surface area is 107 Å². The summed E-state index contributed by atoms with van der Waals surface area (Å²) in [4.78, 5) is 12.4. The summed E-state index contributed by atoms with van der Waals surface area (Å²) in [7, 11) is 0. The average molecular weight is 242 g/mol. The first-order valence-electron chi connectivity index (χ1n) is 6.76. The minimum absolute atomic E-state index is 0.0553. The molecule has 0 N–H and O–H groups in total. The van der Waals surface area contributed by atoms with Crippen LogP contribution in [0.2, 0.25) is 0 Å². The molecule has 2 nitrogen and oxygen atoms in total. The number of carbonyl (C=O) groups excluding carboxylic acids is 1. The van der Waals surface area contributed by atoms with Gasteiger partial charge in [-0.25, -0.2) is 0 Å². The van der Waals surface area contributed by atoms with E-state index in [1.807, 2.05) is 27.7 Å². The Morgan fingerprint density at radius 2 is 1.59 bits per heavy atom. The van der Waals surface area contributed by atoms with Crippen molar-refractivity contribution in [3.8, 4) is 0 Å². The Morgan fingerprint density at radius 3 is 1.88 bits per heavy atom. The van der Waals surface area contributed by atoms with Gasteiger partial charge in [0.15, 0.2) is 0 Å². The minimum Gasteiger partial charge on any atom is -0.460 e. The normalized spacial score (nSPS) is 17.7. The molecular formula is C15H30O2. The molecule has 0 heterocycles. The number of carbonyl (C=O) groups is 1. The molecule has 2 heteroatoms. The molecule has 0 aliphatic carbocycles. The van der Waals surface area contributed by atoms with E-state index in [1.54, 1.807) is 0 Å². The van der Waals surface area contributed by atoms with Crippen LogP contribution in [0, 0.1) is 17.3 Å². The molecule has 2 atom stereocenters. The zero-order valence-electron chi connectivity index (χ0n) is 12.9. The molecule has 0 bridgehead atoms. The van der Waals surface area contributed by atoms with Crippen LogP contribution in [0.3, 0.4) is 0 Å². The number of hydrogen-bond acceptors (Lipinski definition) is 2. The summed E-state index contributed by atoms with van der Waals surface area (Å²) in [6.07, 6.45) is 2.00. The van der Waals surface area contributed by atoms with Crippen molar-refractivity contribution >= 4 is 5.97 Å². The van der Waals surface area contributed by atoms with Crippen LogP contribution in [0.4, 0.5) is 0 Å². The van der Waals surface area contributed by atoms with Gasteiger partial charge in [-0.15, -0.1) is 0 Å². The SMILES string of the molecule is CCC(C)CC(C)(C(=O)OC(C)(C)C)C(C)C. The van der Waals surface area contributed by atoms with Gasteiger partial charge in [-0.3, -0.25) is 4.79 Å². The maximum Gasteiger partial charge on any atom is 0.312 e. The molecule has 0 saturated carbocycles. The number of esters is 1. The van der Waals surface area contributed by atoms with Gasteiger partial charge < -0.3 is 4.74 Å². The van der Waals surface area contributed by atoms with Crippen LogP contribution in [0.15, 0.2) is 0 Å². The summed E-state index contributed by atoms with van der Waals surface area (Å²) in [6, 6.07) is 0. The van der Waals surface area contributed by atoms with E-state index >= 15 is 0 Å². The fourth-order valence-corrected chi connectivity index (χ4v) is 1.82. The molecule has 102 valence electrons. The maximum atomic E-state index is 12.4. The molecule has 0 aromatic rings. The first-order valence-corrected chi connectivity index (χ1v) is 6.76. The summed E-state index contributed by atoms with van der Waals surface area (Å²) in [6.45, 7) is 16.4. The third-order valence-electron chi connectivity index (χ3n) is 3.61. The highest BCUT2D eigenvalue weighted by atomic mass is 16.6. The van der Waals surface area contributed by atoms with E-state index in [4.69, 9.17) is 4.74 Å². The molecule has 0 radical (unpaired) electrons. The van der Waals surface area contributed by atoms with Crippen molar-refractivity contribution in [3.05, 3.63) is 0 Å². The quantitative estimate of drug-likeness (QED) is 0.667. The summed E-state index contributed by atoms with van der Waals surface area (Å²) in [5, 5.41) is 0. The fourth-order valence-electron chi connectivity index (χ4n) is 1.82. The number of hydrogen-bond donors (Lipinski definition) is 0. The Morgan fingerprint density at radius 1 is 1.12 bits per heavy atom. The lowest BCUT2D eigenvalue weighted by Crippen LogP contribution is -2.40. The van der Waals surface area contributed by atoms with Crippen molar-refractivity contribution in [2.45, 2.75) is 73.8 Å². The second-order valence-corrected chi connectivity index (χ2v) is 6.79. The molecule has 0 aliphatic rings. The van der Waals surface area contributed by atoms with Gasteiger partial charge in [0.2, 0.25) is 0 Å². The number of rotatable bonds is 5. The molecule has 0 aliphatic heterocycles. The smallest absolute Gasteiger partial charge is 0.312 e. The lowest BCUT2D eigenvalue weighted by molar-refractivity contribution is -0.170. The van der Waals surface area contributed by atoms with Gasteiger partial charge in [0.25, 0.3) is 0 Å². The first kappa shape index (κ1) is 16.5. The van der Waals surface area contributed by atoms with E-state index in [0.29, 0.717) is 11.8 Å². The van der Waals surface area contributed by atoms with Crippen LogP contribution in [-0.4, -0.2) is 11.6 Å². The van der Waals surface area contributed by atoms with E-state index in [1.165, 1.54) is 0 Å². The summed E-state index contributed by atoms with van der Waals surface area (Å²) in [5.74, 6) is 0.793. The second-order valence-electron chi connectivity index (χ2n) is 6.79. The van der Waals surface area contributed by atoms with Crippen molar-refractivity contribution < 1.29 is 9.53 Å². The van der Waals surface area contributed by atoms with Crippen molar-refractivity contribution in [2.75, 3.05) is 0 Å². The number of ether oxygens (including phenoxy) is 1. The monoisotopic (exact) mass is 242 g/mol. The molecule has 0 amide bonds. The molecule has 0 aromatic carbocycles. The van der Waals surface area contributed by atoms with E-state index in [2.05, 4.69) is 27.7 Å². The molecule has 2 unspecified atom stereocenters. The van der Waals surface area contributed by atoms with Crippen LogP contribution < -0.4 is 0 Å². The lowest BCUT2D eigenvalue weighted by atomic mass is 9.72. The van der Waals surface area contributed by atoms with E-state index in [9.17, 15) is 4.79 Å². The van der Waals surface area contributed by atoms with Gasteiger partial charge in [-0.05, 0) is 46.0 Å². The fraction of sp³-hybridized carbons (Fsp3) is 0.933. The Hall–Kier alpha value is -0.530. The molecule has 0 saturated heterocycles. The molecule has 17 heavy (non-hydrogen) atoms. The van der Waals surface area contributed by atoms with Crippen LogP contribution in [-0.2, 0) is 9.53 Å². The van der Waals surface area contributed by atoms with Gasteiger partial charge in [0, 0.05) is 0 Å². The first-order chi connectivity index (χ1) is 7.53. The van der Waals surface area contributed by atoms with Crippen LogP contribution in [0.1, 0.15) is 68.2 Å². The standard InChI is InChI=1S/C15H30O2/c1-9-12(4)10-15(8,11(2)3)13(16)17-14(5,6)7/h11-12H,9-10H2,1-8H3. The van der Waals surface area contributed by atoms with Gasteiger partial charge in [0.1, 0.15) is 5.60 Å². The van der Waals surface area contributed by atoms with Gasteiger partial charge >= 0.3 is 5.97 Å². The van der Waals surface area contributed by atoms with Gasteiger partial charge in [0.05, 0.1) is 5.41 Å².